The van der Waals surface area contributed by atoms with Crippen molar-refractivity contribution >= 4 is 22.6 Å². The molecule has 2 aromatic carbocycles. The van der Waals surface area contributed by atoms with Gasteiger partial charge in [0, 0.05) is 25.2 Å². The van der Waals surface area contributed by atoms with Gasteiger partial charge in [0.15, 0.2) is 0 Å². The molecule has 1 fully saturated rings. The molecule has 1 unspecified atom stereocenters. The van der Waals surface area contributed by atoms with Crippen LogP contribution < -0.4 is 5.32 Å². The van der Waals surface area contributed by atoms with E-state index in [2.05, 4.69) is 15.5 Å². The van der Waals surface area contributed by atoms with Crippen LogP contribution in [0.15, 0.2) is 60.9 Å². The summed E-state index contributed by atoms with van der Waals surface area (Å²) in [5.74, 6) is 0.144. The molecule has 28 heavy (non-hydrogen) atoms. The van der Waals surface area contributed by atoms with Crippen LogP contribution in [-0.2, 0) is 0 Å². The van der Waals surface area contributed by atoms with Crippen molar-refractivity contribution in [3.05, 3.63) is 72.1 Å². The van der Waals surface area contributed by atoms with Gasteiger partial charge in [-0.1, -0.05) is 36.4 Å². The number of rotatable bonds is 4. The molecule has 4 rings (SSSR count). The number of hydrogen-bond donors (Lipinski definition) is 1. The quantitative estimate of drug-likeness (QED) is 0.762. The summed E-state index contributed by atoms with van der Waals surface area (Å²) in [6.07, 6.45) is 4.94. The molecule has 142 valence electrons. The molecule has 3 aromatic rings. The van der Waals surface area contributed by atoms with Crippen LogP contribution in [0, 0.1) is 5.92 Å². The minimum atomic E-state index is -0.0708. The van der Waals surface area contributed by atoms with Crippen LogP contribution in [0.1, 0.15) is 33.6 Å². The highest BCUT2D eigenvalue weighted by Gasteiger charge is 2.25. The number of fused-ring (bicyclic) bond motifs is 1. The monoisotopic (exact) mass is 374 g/mol. The fourth-order valence-corrected chi connectivity index (χ4v) is 3.77. The Morgan fingerprint density at radius 1 is 1.07 bits per heavy atom. The third kappa shape index (κ3) is 3.86. The second kappa shape index (κ2) is 8.17. The number of amides is 2. The molecule has 1 aliphatic heterocycles. The van der Waals surface area contributed by atoms with Gasteiger partial charge < -0.3 is 10.2 Å². The van der Waals surface area contributed by atoms with Crippen LogP contribution in [0.4, 0.5) is 0 Å². The van der Waals surface area contributed by atoms with E-state index in [4.69, 9.17) is 0 Å². The van der Waals surface area contributed by atoms with Gasteiger partial charge in [-0.25, -0.2) is 0 Å². The summed E-state index contributed by atoms with van der Waals surface area (Å²) in [7, 11) is 0. The van der Waals surface area contributed by atoms with Gasteiger partial charge in [-0.15, -0.1) is 0 Å². The van der Waals surface area contributed by atoms with Gasteiger partial charge in [0.25, 0.3) is 11.8 Å². The second-order valence-electron chi connectivity index (χ2n) is 7.13. The lowest BCUT2D eigenvalue weighted by Crippen LogP contribution is -2.43. The summed E-state index contributed by atoms with van der Waals surface area (Å²) in [5.41, 5.74) is 1.24. The van der Waals surface area contributed by atoms with E-state index in [0.29, 0.717) is 24.2 Å². The van der Waals surface area contributed by atoms with E-state index in [-0.39, 0.29) is 17.7 Å². The largest absolute Gasteiger partial charge is 0.352 e. The van der Waals surface area contributed by atoms with Crippen molar-refractivity contribution in [2.24, 2.45) is 5.92 Å². The summed E-state index contributed by atoms with van der Waals surface area (Å²) < 4.78 is 0. The van der Waals surface area contributed by atoms with Crippen LogP contribution in [-0.4, -0.2) is 46.5 Å². The maximum atomic E-state index is 12.7. The molecule has 1 aliphatic rings. The number of nitrogens with one attached hydrogen (secondary N) is 1. The van der Waals surface area contributed by atoms with Crippen molar-refractivity contribution in [3.8, 4) is 0 Å². The van der Waals surface area contributed by atoms with Crippen molar-refractivity contribution in [2.45, 2.75) is 12.8 Å². The maximum Gasteiger partial charge on any atom is 0.255 e. The van der Waals surface area contributed by atoms with E-state index in [1.165, 1.54) is 12.4 Å². The smallest absolute Gasteiger partial charge is 0.255 e. The number of aromatic nitrogens is 2. The van der Waals surface area contributed by atoms with Gasteiger partial charge in [0.2, 0.25) is 0 Å². The number of hydrogen-bond acceptors (Lipinski definition) is 4. The first-order chi connectivity index (χ1) is 13.7. The summed E-state index contributed by atoms with van der Waals surface area (Å²) in [6.45, 7) is 1.92. The van der Waals surface area contributed by atoms with Crippen molar-refractivity contribution in [1.82, 2.24) is 20.4 Å². The lowest BCUT2D eigenvalue weighted by atomic mass is 9.97. The molecule has 1 atom stereocenters. The van der Waals surface area contributed by atoms with Gasteiger partial charge in [-0.2, -0.15) is 10.2 Å². The van der Waals surface area contributed by atoms with Gasteiger partial charge in [0.05, 0.1) is 18.0 Å². The second-order valence-corrected chi connectivity index (χ2v) is 7.13. The highest BCUT2D eigenvalue weighted by atomic mass is 16.2. The molecule has 1 N–H and O–H groups in total. The zero-order valence-electron chi connectivity index (χ0n) is 15.5. The van der Waals surface area contributed by atoms with E-state index in [1.54, 1.807) is 6.07 Å². The van der Waals surface area contributed by atoms with Crippen LogP contribution >= 0.6 is 0 Å². The van der Waals surface area contributed by atoms with Crippen molar-refractivity contribution in [2.75, 3.05) is 19.6 Å². The van der Waals surface area contributed by atoms with Crippen molar-refractivity contribution in [1.29, 1.82) is 0 Å². The number of nitrogens with zero attached hydrogens (tertiary/aromatic N) is 3. The Morgan fingerprint density at radius 2 is 1.93 bits per heavy atom. The average Bonchev–Trinajstić information content (AvgIpc) is 2.77. The van der Waals surface area contributed by atoms with Crippen LogP contribution in [0.3, 0.4) is 0 Å². The highest BCUT2D eigenvalue weighted by molar-refractivity contribution is 6.07. The zero-order chi connectivity index (χ0) is 19.3. The summed E-state index contributed by atoms with van der Waals surface area (Å²) >= 11 is 0. The first kappa shape index (κ1) is 18.1. The van der Waals surface area contributed by atoms with E-state index >= 15 is 0 Å². The standard InChI is InChI=1S/C22H22N4O2/c27-21(20-9-3-7-17-6-1-2-8-19(17)20)23-13-16-5-4-12-26(15-16)22(28)18-10-11-24-25-14-18/h1-3,6-11,14,16H,4-5,12-13,15H2,(H,23,27). The maximum absolute atomic E-state index is 12.7. The Labute approximate surface area is 163 Å². The third-order valence-corrected chi connectivity index (χ3v) is 5.22. The van der Waals surface area contributed by atoms with E-state index < -0.39 is 0 Å². The normalized spacial score (nSPS) is 16.7. The lowest BCUT2D eigenvalue weighted by Gasteiger charge is -2.32. The first-order valence-corrected chi connectivity index (χ1v) is 9.54. The van der Waals surface area contributed by atoms with Crippen molar-refractivity contribution < 1.29 is 9.59 Å². The van der Waals surface area contributed by atoms with Crippen LogP contribution in [0.2, 0.25) is 0 Å². The molecule has 0 bridgehead atoms. The van der Waals surface area contributed by atoms with Crippen LogP contribution in [0.25, 0.3) is 10.8 Å². The number of carbonyl (C=O) groups excluding carboxylic acids is 2. The number of benzene rings is 2. The van der Waals surface area contributed by atoms with Crippen molar-refractivity contribution in [3.63, 3.8) is 0 Å². The molecule has 6 nitrogen and oxygen atoms in total. The average molecular weight is 374 g/mol. The van der Waals surface area contributed by atoms with Gasteiger partial charge >= 0.3 is 0 Å². The predicted molar refractivity (Wildman–Crippen MR) is 107 cm³/mol. The fraction of sp³-hybridized carbons (Fsp3) is 0.273. The lowest BCUT2D eigenvalue weighted by molar-refractivity contribution is 0.0670. The molecule has 2 amide bonds. The number of likely N-dealkylation sites (tertiary alicyclic amines) is 1. The molecular formula is C22H22N4O2. The third-order valence-electron chi connectivity index (χ3n) is 5.22. The van der Waals surface area contributed by atoms with Gasteiger partial charge in [0.1, 0.15) is 0 Å². The Kier molecular flexibility index (Phi) is 5.28. The van der Waals surface area contributed by atoms with Crippen LogP contribution in [0.5, 0.6) is 0 Å². The van der Waals surface area contributed by atoms with E-state index in [0.717, 1.165) is 30.2 Å². The zero-order valence-corrected chi connectivity index (χ0v) is 15.5. The molecule has 0 saturated carbocycles. The summed E-state index contributed by atoms with van der Waals surface area (Å²) in [4.78, 5) is 27.2. The summed E-state index contributed by atoms with van der Waals surface area (Å²) in [5, 5.41) is 12.6. The Bertz CT molecular complexity index is 985. The molecule has 0 spiro atoms. The molecule has 6 heteroatoms. The minimum Gasteiger partial charge on any atom is -0.352 e. The van der Waals surface area contributed by atoms with Gasteiger partial charge in [-0.3, -0.25) is 9.59 Å². The number of piperidine rings is 1. The highest BCUT2D eigenvalue weighted by Crippen LogP contribution is 2.20. The minimum absolute atomic E-state index is 0.0278. The predicted octanol–water partition coefficient (Wildman–Crippen LogP) is 2.91. The first-order valence-electron chi connectivity index (χ1n) is 9.54. The topological polar surface area (TPSA) is 75.2 Å². The van der Waals surface area contributed by atoms with E-state index in [9.17, 15) is 9.59 Å². The molecule has 1 saturated heterocycles. The van der Waals surface area contributed by atoms with Gasteiger partial charge in [-0.05, 0) is 41.7 Å². The molecule has 2 heterocycles. The fourth-order valence-electron chi connectivity index (χ4n) is 3.77. The Morgan fingerprint density at radius 3 is 2.79 bits per heavy atom. The molecule has 1 aromatic heterocycles. The molecule has 0 radical (unpaired) electrons. The number of carbonyl (C=O) groups is 2. The Hall–Kier alpha value is -3.28. The SMILES string of the molecule is O=C(NCC1CCCN(C(=O)c2ccnnc2)C1)c1cccc2ccccc12. The molecular weight excluding hydrogens is 352 g/mol. The summed E-state index contributed by atoms with van der Waals surface area (Å²) in [6, 6.07) is 15.3. The Balaban J connectivity index is 1.39. The molecule has 0 aliphatic carbocycles. The van der Waals surface area contributed by atoms with E-state index in [1.807, 2.05) is 47.4 Å².